The molecule has 0 spiro atoms. The van der Waals surface area contributed by atoms with Crippen LogP contribution in [0.3, 0.4) is 0 Å². The molecule has 0 bridgehead atoms. The second-order valence-corrected chi connectivity index (χ2v) is 6.96. The van der Waals surface area contributed by atoms with E-state index >= 15 is 0 Å². The van der Waals surface area contributed by atoms with Gasteiger partial charge in [-0.1, -0.05) is 18.2 Å². The largest absolute Gasteiger partial charge is 0.465 e. The normalized spacial score (nSPS) is 13.8. The minimum absolute atomic E-state index is 0.240. The number of methoxy groups -OCH3 is 1. The Balaban J connectivity index is 1.64. The number of H-pyrrole nitrogens is 1. The molecule has 1 aromatic heterocycles. The summed E-state index contributed by atoms with van der Waals surface area (Å²) in [6.07, 6.45) is 2.08. The highest BCUT2D eigenvalue weighted by Crippen LogP contribution is 2.30. The Labute approximate surface area is 161 Å². The summed E-state index contributed by atoms with van der Waals surface area (Å²) < 4.78 is 18.8. The van der Waals surface area contributed by atoms with Crippen molar-refractivity contribution in [2.45, 2.75) is 32.0 Å². The topological polar surface area (TPSA) is 75.3 Å². The van der Waals surface area contributed by atoms with Crippen LogP contribution in [-0.4, -0.2) is 34.0 Å². The lowest BCUT2D eigenvalue weighted by Crippen LogP contribution is -2.28. The monoisotopic (exact) mass is 381 g/mol. The van der Waals surface area contributed by atoms with Crippen molar-refractivity contribution < 1.29 is 13.9 Å². The molecule has 1 N–H and O–H groups in total. The molecule has 28 heavy (non-hydrogen) atoms. The molecule has 1 aliphatic rings. The standard InChI is InChI=1S/C21H20FN3O3/c1-28-21(27)13-6-9-16-18(10-13)23-19(24-20(16)26)12-25(15-7-8-15)11-14-4-2-3-5-17(14)22/h2-6,9-10,15H,7-8,11-12H2,1H3,(H,23,24,26). The number of carbonyl (C=O) groups excluding carboxylic acids is 1. The second-order valence-electron chi connectivity index (χ2n) is 6.96. The molecular weight excluding hydrogens is 361 g/mol. The van der Waals surface area contributed by atoms with Gasteiger partial charge in [-0.2, -0.15) is 0 Å². The SMILES string of the molecule is COC(=O)c1ccc2c(=O)[nH]c(CN(Cc3ccccc3F)C3CC3)nc2c1. The molecule has 2 aromatic carbocycles. The zero-order valence-electron chi connectivity index (χ0n) is 15.4. The van der Waals surface area contributed by atoms with Crippen LogP contribution >= 0.6 is 0 Å². The molecule has 3 aromatic rings. The van der Waals surface area contributed by atoms with Gasteiger partial charge in [0, 0.05) is 18.2 Å². The number of esters is 1. The molecule has 1 fully saturated rings. The summed E-state index contributed by atoms with van der Waals surface area (Å²) in [4.78, 5) is 33.7. The fourth-order valence-electron chi connectivity index (χ4n) is 3.30. The summed E-state index contributed by atoms with van der Waals surface area (Å²) in [5.41, 5.74) is 1.12. The first-order chi connectivity index (χ1) is 13.5. The van der Waals surface area contributed by atoms with Crippen molar-refractivity contribution in [2.24, 2.45) is 0 Å². The van der Waals surface area contributed by atoms with Gasteiger partial charge in [0.15, 0.2) is 0 Å². The van der Waals surface area contributed by atoms with Crippen molar-refractivity contribution in [1.82, 2.24) is 14.9 Å². The van der Waals surface area contributed by atoms with Crippen LogP contribution in [0, 0.1) is 5.82 Å². The number of nitrogens with one attached hydrogen (secondary N) is 1. The number of carbonyl (C=O) groups is 1. The number of halogens is 1. The van der Waals surface area contributed by atoms with Crippen molar-refractivity contribution in [3.63, 3.8) is 0 Å². The van der Waals surface area contributed by atoms with Crippen LogP contribution in [0.4, 0.5) is 4.39 Å². The average molecular weight is 381 g/mol. The van der Waals surface area contributed by atoms with Crippen LogP contribution in [-0.2, 0) is 17.8 Å². The van der Waals surface area contributed by atoms with Crippen LogP contribution in [0.1, 0.15) is 34.6 Å². The van der Waals surface area contributed by atoms with E-state index in [-0.39, 0.29) is 11.4 Å². The van der Waals surface area contributed by atoms with Crippen molar-refractivity contribution in [3.8, 4) is 0 Å². The second kappa shape index (κ2) is 7.52. The third-order valence-electron chi connectivity index (χ3n) is 4.92. The maximum Gasteiger partial charge on any atom is 0.337 e. The van der Waals surface area contributed by atoms with Gasteiger partial charge in [-0.25, -0.2) is 14.2 Å². The van der Waals surface area contributed by atoms with Gasteiger partial charge in [-0.3, -0.25) is 9.69 Å². The maximum absolute atomic E-state index is 14.1. The van der Waals surface area contributed by atoms with Crippen molar-refractivity contribution in [1.29, 1.82) is 0 Å². The Morgan fingerprint density at radius 2 is 2.04 bits per heavy atom. The third kappa shape index (κ3) is 3.80. The van der Waals surface area contributed by atoms with E-state index in [1.165, 1.54) is 13.2 Å². The number of benzene rings is 2. The summed E-state index contributed by atoms with van der Waals surface area (Å²) >= 11 is 0. The first kappa shape index (κ1) is 18.3. The number of nitrogens with zero attached hydrogens (tertiary/aromatic N) is 2. The average Bonchev–Trinajstić information content (AvgIpc) is 3.53. The Kier molecular flexibility index (Phi) is 4.92. The number of ether oxygens (including phenoxy) is 1. The molecule has 7 heteroatoms. The molecule has 0 aliphatic heterocycles. The molecule has 144 valence electrons. The summed E-state index contributed by atoms with van der Waals surface area (Å²) in [7, 11) is 1.30. The van der Waals surface area contributed by atoms with Gasteiger partial charge in [0.25, 0.3) is 5.56 Å². The molecule has 1 aliphatic carbocycles. The van der Waals surface area contributed by atoms with Gasteiger partial charge in [-0.15, -0.1) is 0 Å². The Morgan fingerprint density at radius 3 is 2.75 bits per heavy atom. The zero-order valence-corrected chi connectivity index (χ0v) is 15.4. The lowest BCUT2D eigenvalue weighted by atomic mass is 10.1. The van der Waals surface area contributed by atoms with E-state index in [0.717, 1.165) is 12.8 Å². The molecule has 1 heterocycles. The Morgan fingerprint density at radius 1 is 1.25 bits per heavy atom. The van der Waals surface area contributed by atoms with Crippen LogP contribution in [0.5, 0.6) is 0 Å². The molecule has 0 radical (unpaired) electrons. The zero-order chi connectivity index (χ0) is 19.7. The van der Waals surface area contributed by atoms with Gasteiger partial charge in [0.1, 0.15) is 11.6 Å². The first-order valence-corrected chi connectivity index (χ1v) is 9.14. The van der Waals surface area contributed by atoms with Crippen molar-refractivity contribution in [3.05, 3.63) is 75.6 Å². The predicted octanol–water partition coefficient (Wildman–Crippen LogP) is 3.01. The van der Waals surface area contributed by atoms with Crippen LogP contribution in [0.15, 0.2) is 47.3 Å². The van der Waals surface area contributed by atoms with E-state index in [1.807, 2.05) is 6.07 Å². The lowest BCUT2D eigenvalue weighted by Gasteiger charge is -2.21. The summed E-state index contributed by atoms with van der Waals surface area (Å²) in [5, 5.41) is 0.406. The molecule has 0 unspecified atom stereocenters. The minimum atomic E-state index is -0.482. The fourth-order valence-corrected chi connectivity index (χ4v) is 3.30. The van der Waals surface area contributed by atoms with Gasteiger partial charge >= 0.3 is 5.97 Å². The fraction of sp³-hybridized carbons (Fsp3) is 0.286. The van der Waals surface area contributed by atoms with E-state index in [4.69, 9.17) is 4.74 Å². The van der Waals surface area contributed by atoms with Gasteiger partial charge < -0.3 is 9.72 Å². The van der Waals surface area contributed by atoms with Crippen LogP contribution < -0.4 is 5.56 Å². The van der Waals surface area contributed by atoms with Crippen molar-refractivity contribution in [2.75, 3.05) is 7.11 Å². The molecule has 0 atom stereocenters. The van der Waals surface area contributed by atoms with E-state index < -0.39 is 5.97 Å². The quantitative estimate of drug-likeness (QED) is 0.665. The highest BCUT2D eigenvalue weighted by atomic mass is 19.1. The van der Waals surface area contributed by atoms with E-state index in [9.17, 15) is 14.0 Å². The van der Waals surface area contributed by atoms with Gasteiger partial charge in [-0.05, 0) is 37.1 Å². The predicted molar refractivity (Wildman–Crippen MR) is 102 cm³/mol. The number of hydrogen-bond donors (Lipinski definition) is 1. The molecular formula is C21H20FN3O3. The number of aromatic nitrogens is 2. The summed E-state index contributed by atoms with van der Waals surface area (Å²) in [6.45, 7) is 0.841. The Hall–Kier alpha value is -3.06. The highest BCUT2D eigenvalue weighted by Gasteiger charge is 2.30. The minimum Gasteiger partial charge on any atom is -0.465 e. The van der Waals surface area contributed by atoms with Crippen molar-refractivity contribution >= 4 is 16.9 Å². The maximum atomic E-state index is 14.1. The van der Waals surface area contributed by atoms with E-state index in [1.54, 1.807) is 30.3 Å². The smallest absolute Gasteiger partial charge is 0.337 e. The Bertz CT molecular complexity index is 1090. The van der Waals surface area contributed by atoms with Crippen LogP contribution in [0.2, 0.25) is 0 Å². The third-order valence-corrected chi connectivity index (χ3v) is 4.92. The molecule has 6 nitrogen and oxygen atoms in total. The van der Waals surface area contributed by atoms with E-state index in [2.05, 4.69) is 14.9 Å². The number of fused-ring (bicyclic) bond motifs is 1. The van der Waals surface area contributed by atoms with Gasteiger partial charge in [0.05, 0.1) is 30.1 Å². The van der Waals surface area contributed by atoms with Crippen LogP contribution in [0.25, 0.3) is 10.9 Å². The molecule has 0 saturated heterocycles. The number of hydrogen-bond acceptors (Lipinski definition) is 5. The summed E-state index contributed by atoms with van der Waals surface area (Å²) in [5.74, 6) is -0.233. The lowest BCUT2D eigenvalue weighted by molar-refractivity contribution is 0.0601. The number of aromatic amines is 1. The number of rotatable bonds is 6. The van der Waals surface area contributed by atoms with Gasteiger partial charge in [0.2, 0.25) is 0 Å². The molecule has 0 amide bonds. The first-order valence-electron chi connectivity index (χ1n) is 9.14. The molecule has 4 rings (SSSR count). The highest BCUT2D eigenvalue weighted by molar-refractivity contribution is 5.93. The van der Waals surface area contributed by atoms with E-state index in [0.29, 0.717) is 47.0 Å². The molecule has 1 saturated carbocycles. The summed E-state index contributed by atoms with van der Waals surface area (Å²) in [6, 6.07) is 11.7.